The van der Waals surface area contributed by atoms with E-state index in [4.69, 9.17) is 0 Å². The predicted octanol–water partition coefficient (Wildman–Crippen LogP) is 1.64. The van der Waals surface area contributed by atoms with Crippen molar-refractivity contribution in [1.29, 1.82) is 0 Å². The lowest BCUT2D eigenvalue weighted by Crippen LogP contribution is -2.39. The highest BCUT2D eigenvalue weighted by Crippen LogP contribution is 2.19. The van der Waals surface area contributed by atoms with Crippen LogP contribution in [0, 0.1) is 11.8 Å². The standard InChI is InChI=1S/C13H17N3/c1-3-4-5-8-16-10-13-12(9-11(16)2)14-6-7-15-13/h6-7,11H,5,8-10H2,1-2H3. The molecule has 1 aromatic rings. The zero-order valence-corrected chi connectivity index (χ0v) is 9.90. The van der Waals surface area contributed by atoms with E-state index in [1.807, 2.05) is 6.92 Å². The summed E-state index contributed by atoms with van der Waals surface area (Å²) in [6.45, 7) is 6.07. The summed E-state index contributed by atoms with van der Waals surface area (Å²) < 4.78 is 0. The topological polar surface area (TPSA) is 29.0 Å². The molecule has 0 aliphatic carbocycles. The van der Waals surface area contributed by atoms with Gasteiger partial charge in [-0.25, -0.2) is 0 Å². The number of aromatic nitrogens is 2. The fourth-order valence-corrected chi connectivity index (χ4v) is 2.08. The third-order valence-electron chi connectivity index (χ3n) is 3.03. The van der Waals surface area contributed by atoms with Gasteiger partial charge in [0.2, 0.25) is 0 Å². The molecule has 0 amide bonds. The van der Waals surface area contributed by atoms with E-state index >= 15 is 0 Å². The van der Waals surface area contributed by atoms with Crippen LogP contribution < -0.4 is 0 Å². The van der Waals surface area contributed by atoms with E-state index in [9.17, 15) is 0 Å². The second-order valence-corrected chi connectivity index (χ2v) is 4.15. The van der Waals surface area contributed by atoms with Crippen molar-refractivity contribution in [2.45, 2.75) is 39.3 Å². The highest BCUT2D eigenvalue weighted by molar-refractivity contribution is 5.15. The number of hydrogen-bond acceptors (Lipinski definition) is 3. The molecule has 1 atom stereocenters. The Kier molecular flexibility index (Phi) is 3.53. The van der Waals surface area contributed by atoms with Gasteiger partial charge in [0.15, 0.2) is 0 Å². The fraction of sp³-hybridized carbons (Fsp3) is 0.538. The van der Waals surface area contributed by atoms with Gasteiger partial charge in [0.1, 0.15) is 0 Å². The first-order valence-corrected chi connectivity index (χ1v) is 5.73. The summed E-state index contributed by atoms with van der Waals surface area (Å²) in [7, 11) is 0. The molecular weight excluding hydrogens is 198 g/mol. The Hall–Kier alpha value is -1.40. The first-order chi connectivity index (χ1) is 7.81. The van der Waals surface area contributed by atoms with E-state index in [0.29, 0.717) is 6.04 Å². The van der Waals surface area contributed by atoms with Crippen molar-refractivity contribution in [2.24, 2.45) is 0 Å². The van der Waals surface area contributed by atoms with Gasteiger partial charge >= 0.3 is 0 Å². The summed E-state index contributed by atoms with van der Waals surface area (Å²) in [5.41, 5.74) is 2.29. The molecule has 84 valence electrons. The molecule has 0 spiro atoms. The van der Waals surface area contributed by atoms with Gasteiger partial charge in [-0.15, -0.1) is 11.8 Å². The van der Waals surface area contributed by atoms with Crippen molar-refractivity contribution in [1.82, 2.24) is 14.9 Å². The molecule has 0 aromatic carbocycles. The number of nitrogens with zero attached hydrogens (tertiary/aromatic N) is 3. The Labute approximate surface area is 96.9 Å². The van der Waals surface area contributed by atoms with Crippen LogP contribution in [-0.4, -0.2) is 27.5 Å². The van der Waals surface area contributed by atoms with Crippen LogP contribution in [0.4, 0.5) is 0 Å². The minimum absolute atomic E-state index is 0.544. The average Bonchev–Trinajstić information content (AvgIpc) is 2.30. The highest BCUT2D eigenvalue weighted by atomic mass is 15.2. The van der Waals surface area contributed by atoms with Crippen LogP contribution in [0.5, 0.6) is 0 Å². The third kappa shape index (κ3) is 2.40. The number of fused-ring (bicyclic) bond motifs is 1. The first kappa shape index (κ1) is 11.1. The molecule has 1 unspecified atom stereocenters. The van der Waals surface area contributed by atoms with Gasteiger partial charge in [-0.3, -0.25) is 14.9 Å². The maximum absolute atomic E-state index is 4.39. The minimum Gasteiger partial charge on any atom is -0.293 e. The van der Waals surface area contributed by atoms with E-state index in [0.717, 1.165) is 37.3 Å². The van der Waals surface area contributed by atoms with Crippen molar-refractivity contribution >= 4 is 0 Å². The molecule has 1 aromatic heterocycles. The molecule has 3 nitrogen and oxygen atoms in total. The maximum atomic E-state index is 4.39. The van der Waals surface area contributed by atoms with E-state index in [1.165, 1.54) is 0 Å². The van der Waals surface area contributed by atoms with E-state index in [2.05, 4.69) is 33.6 Å². The Balaban J connectivity index is 2.05. The van der Waals surface area contributed by atoms with Crippen LogP contribution in [0.3, 0.4) is 0 Å². The normalized spacial score (nSPS) is 19.8. The fourth-order valence-electron chi connectivity index (χ4n) is 2.08. The second kappa shape index (κ2) is 5.09. The lowest BCUT2D eigenvalue weighted by atomic mass is 10.0. The van der Waals surface area contributed by atoms with E-state index < -0.39 is 0 Å². The smallest absolute Gasteiger partial charge is 0.0759 e. The molecule has 0 fully saturated rings. The van der Waals surface area contributed by atoms with Crippen molar-refractivity contribution in [3.8, 4) is 11.8 Å². The van der Waals surface area contributed by atoms with Crippen molar-refractivity contribution in [3.05, 3.63) is 23.8 Å². The van der Waals surface area contributed by atoms with Gasteiger partial charge in [0.25, 0.3) is 0 Å². The lowest BCUT2D eigenvalue weighted by Gasteiger charge is -2.32. The minimum atomic E-state index is 0.544. The van der Waals surface area contributed by atoms with Gasteiger partial charge in [0, 0.05) is 44.4 Å². The number of rotatable bonds is 2. The molecule has 0 saturated carbocycles. The molecule has 0 radical (unpaired) electrons. The van der Waals surface area contributed by atoms with Gasteiger partial charge in [0.05, 0.1) is 11.4 Å². The zero-order chi connectivity index (χ0) is 11.4. The van der Waals surface area contributed by atoms with Crippen molar-refractivity contribution < 1.29 is 0 Å². The molecule has 1 aliphatic rings. The zero-order valence-electron chi connectivity index (χ0n) is 9.90. The summed E-state index contributed by atoms with van der Waals surface area (Å²) in [4.78, 5) is 11.2. The molecule has 16 heavy (non-hydrogen) atoms. The quantitative estimate of drug-likeness (QED) is 0.702. The van der Waals surface area contributed by atoms with Gasteiger partial charge in [-0.05, 0) is 13.8 Å². The summed E-state index contributed by atoms with van der Waals surface area (Å²) in [5, 5.41) is 0. The summed E-state index contributed by atoms with van der Waals surface area (Å²) in [5.74, 6) is 6.05. The Morgan fingerprint density at radius 2 is 2.12 bits per heavy atom. The molecule has 2 heterocycles. The molecule has 0 bridgehead atoms. The SMILES string of the molecule is CC#CCCN1Cc2nccnc2CC1C. The van der Waals surface area contributed by atoms with Crippen LogP contribution in [0.2, 0.25) is 0 Å². The third-order valence-corrected chi connectivity index (χ3v) is 3.03. The van der Waals surface area contributed by atoms with Crippen LogP contribution in [0.25, 0.3) is 0 Å². The van der Waals surface area contributed by atoms with Crippen LogP contribution in [0.15, 0.2) is 12.4 Å². The van der Waals surface area contributed by atoms with Crippen molar-refractivity contribution in [3.63, 3.8) is 0 Å². The highest BCUT2D eigenvalue weighted by Gasteiger charge is 2.23. The molecule has 1 aliphatic heterocycles. The average molecular weight is 215 g/mol. The Bertz CT molecular complexity index is 417. The van der Waals surface area contributed by atoms with Gasteiger partial charge < -0.3 is 0 Å². The predicted molar refractivity (Wildman–Crippen MR) is 63.7 cm³/mol. The first-order valence-electron chi connectivity index (χ1n) is 5.73. The second-order valence-electron chi connectivity index (χ2n) is 4.15. The van der Waals surface area contributed by atoms with Crippen LogP contribution >= 0.6 is 0 Å². The summed E-state index contributed by atoms with van der Waals surface area (Å²) >= 11 is 0. The Morgan fingerprint density at radius 3 is 2.88 bits per heavy atom. The largest absolute Gasteiger partial charge is 0.293 e. The van der Waals surface area contributed by atoms with E-state index in [1.54, 1.807) is 12.4 Å². The van der Waals surface area contributed by atoms with Crippen LogP contribution in [-0.2, 0) is 13.0 Å². The van der Waals surface area contributed by atoms with Crippen molar-refractivity contribution in [2.75, 3.05) is 6.54 Å². The summed E-state index contributed by atoms with van der Waals surface area (Å²) in [6, 6.07) is 0.544. The van der Waals surface area contributed by atoms with Gasteiger partial charge in [-0.1, -0.05) is 0 Å². The summed E-state index contributed by atoms with van der Waals surface area (Å²) in [6.07, 6.45) is 5.50. The van der Waals surface area contributed by atoms with Crippen LogP contribution in [0.1, 0.15) is 31.7 Å². The molecule has 0 N–H and O–H groups in total. The monoisotopic (exact) mass is 215 g/mol. The maximum Gasteiger partial charge on any atom is 0.0759 e. The molecule has 3 heteroatoms. The molecule has 2 rings (SSSR count). The molecule has 0 saturated heterocycles. The number of hydrogen-bond donors (Lipinski definition) is 0. The van der Waals surface area contributed by atoms with E-state index in [-0.39, 0.29) is 0 Å². The molecular formula is C13H17N3. The Morgan fingerprint density at radius 1 is 1.38 bits per heavy atom. The van der Waals surface area contributed by atoms with Gasteiger partial charge in [-0.2, -0.15) is 0 Å². The lowest BCUT2D eigenvalue weighted by molar-refractivity contribution is 0.183.